The number of amides is 2. The number of thioether (sulfide) groups is 1. The summed E-state index contributed by atoms with van der Waals surface area (Å²) in [5.41, 5.74) is 5.30. The van der Waals surface area contributed by atoms with E-state index < -0.39 is 0 Å². The second-order valence-electron chi connectivity index (χ2n) is 4.41. The zero-order valence-corrected chi connectivity index (χ0v) is 10.7. The average molecular weight is 244 g/mol. The first-order valence-electron chi connectivity index (χ1n) is 5.65. The van der Waals surface area contributed by atoms with Crippen molar-refractivity contribution in [1.82, 2.24) is 5.32 Å². The largest absolute Gasteiger partial charge is 0.369 e. The van der Waals surface area contributed by atoms with Gasteiger partial charge in [0, 0.05) is 17.7 Å². The van der Waals surface area contributed by atoms with Crippen LogP contribution in [0.15, 0.2) is 0 Å². The molecule has 0 unspecified atom stereocenters. The Balaban J connectivity index is 2.47. The minimum absolute atomic E-state index is 0.0101. The van der Waals surface area contributed by atoms with Gasteiger partial charge in [0.2, 0.25) is 11.8 Å². The van der Waals surface area contributed by atoms with Crippen LogP contribution in [0.3, 0.4) is 0 Å². The van der Waals surface area contributed by atoms with Crippen LogP contribution in [0.25, 0.3) is 0 Å². The predicted molar refractivity (Wildman–Crippen MR) is 66.0 cm³/mol. The lowest BCUT2D eigenvalue weighted by Gasteiger charge is -2.20. The topological polar surface area (TPSA) is 72.2 Å². The van der Waals surface area contributed by atoms with E-state index in [1.54, 1.807) is 11.8 Å². The maximum atomic E-state index is 11.8. The van der Waals surface area contributed by atoms with Crippen LogP contribution in [0.2, 0.25) is 0 Å². The average Bonchev–Trinajstić information content (AvgIpc) is 2.66. The molecule has 16 heavy (non-hydrogen) atoms. The van der Waals surface area contributed by atoms with E-state index in [1.165, 1.54) is 0 Å². The van der Waals surface area contributed by atoms with Gasteiger partial charge in [-0.3, -0.25) is 9.59 Å². The molecule has 4 nitrogen and oxygen atoms in total. The lowest BCUT2D eigenvalue weighted by Crippen LogP contribution is -2.44. The van der Waals surface area contributed by atoms with Crippen molar-refractivity contribution in [3.05, 3.63) is 0 Å². The number of nitrogens with one attached hydrogen (secondary N) is 1. The molecule has 2 amide bonds. The van der Waals surface area contributed by atoms with Crippen molar-refractivity contribution in [2.24, 2.45) is 17.6 Å². The first-order valence-corrected chi connectivity index (χ1v) is 7.04. The summed E-state index contributed by atoms with van der Waals surface area (Å²) in [5.74, 6) is 0.363. The quantitative estimate of drug-likeness (QED) is 0.750. The van der Waals surface area contributed by atoms with Gasteiger partial charge in [0.25, 0.3) is 0 Å². The van der Waals surface area contributed by atoms with Crippen LogP contribution >= 0.6 is 11.8 Å². The van der Waals surface area contributed by atoms with Gasteiger partial charge in [0.1, 0.15) is 0 Å². The molecule has 5 heteroatoms. The second-order valence-corrected chi connectivity index (χ2v) is 5.32. The van der Waals surface area contributed by atoms with Crippen LogP contribution < -0.4 is 11.1 Å². The van der Waals surface area contributed by atoms with Crippen molar-refractivity contribution in [3.8, 4) is 0 Å². The molecule has 1 rings (SSSR count). The highest BCUT2D eigenvalue weighted by atomic mass is 32.2. The molecule has 0 aliphatic heterocycles. The minimum Gasteiger partial charge on any atom is -0.369 e. The highest BCUT2D eigenvalue weighted by Crippen LogP contribution is 2.25. The molecule has 3 atom stereocenters. The van der Waals surface area contributed by atoms with Crippen LogP contribution in [0.1, 0.15) is 26.2 Å². The van der Waals surface area contributed by atoms with Gasteiger partial charge in [-0.05, 0) is 19.1 Å². The molecule has 0 saturated heterocycles. The molecule has 0 aromatic rings. The molecule has 0 aromatic carbocycles. The maximum Gasteiger partial charge on any atom is 0.223 e. The number of primary amides is 1. The predicted octanol–water partition coefficient (Wildman–Crippen LogP) is 0.756. The third-order valence-electron chi connectivity index (χ3n) is 3.07. The van der Waals surface area contributed by atoms with Crippen LogP contribution in [-0.2, 0) is 9.59 Å². The molecule has 0 radical (unpaired) electrons. The van der Waals surface area contributed by atoms with E-state index in [1.807, 2.05) is 13.2 Å². The monoisotopic (exact) mass is 244 g/mol. The molecule has 92 valence electrons. The van der Waals surface area contributed by atoms with Crippen molar-refractivity contribution in [2.75, 3.05) is 12.0 Å². The Hall–Kier alpha value is -0.710. The van der Waals surface area contributed by atoms with Crippen molar-refractivity contribution in [2.45, 2.75) is 32.2 Å². The highest BCUT2D eigenvalue weighted by Gasteiger charge is 2.33. The minimum atomic E-state index is -0.291. The summed E-state index contributed by atoms with van der Waals surface area (Å²) in [6, 6.07) is -0.0469. The van der Waals surface area contributed by atoms with E-state index in [0.29, 0.717) is 0 Å². The molecular weight excluding hydrogens is 224 g/mol. The number of carbonyl (C=O) groups excluding carboxylic acids is 2. The van der Waals surface area contributed by atoms with E-state index in [2.05, 4.69) is 5.32 Å². The smallest absolute Gasteiger partial charge is 0.223 e. The van der Waals surface area contributed by atoms with Gasteiger partial charge in [-0.1, -0.05) is 13.3 Å². The first-order chi connectivity index (χ1) is 7.56. The van der Waals surface area contributed by atoms with E-state index in [0.717, 1.165) is 25.0 Å². The first kappa shape index (κ1) is 13.4. The number of carbonyl (C=O) groups is 2. The van der Waals surface area contributed by atoms with Crippen LogP contribution in [0.5, 0.6) is 0 Å². The highest BCUT2D eigenvalue weighted by molar-refractivity contribution is 7.98. The molecule has 1 aliphatic rings. The Labute approximate surface area is 101 Å². The molecule has 1 saturated carbocycles. The molecule has 0 aromatic heterocycles. The lowest BCUT2D eigenvalue weighted by molar-refractivity contribution is -0.126. The molecular formula is C11H20N2O2S. The van der Waals surface area contributed by atoms with Crippen molar-refractivity contribution in [3.63, 3.8) is 0 Å². The van der Waals surface area contributed by atoms with Gasteiger partial charge in [-0.2, -0.15) is 11.8 Å². The maximum absolute atomic E-state index is 11.8. The summed E-state index contributed by atoms with van der Waals surface area (Å²) in [6.45, 7) is 1.90. The molecule has 0 bridgehead atoms. The fraction of sp³-hybridized carbons (Fsp3) is 0.818. The summed E-state index contributed by atoms with van der Waals surface area (Å²) in [7, 11) is 0. The standard InChI is InChI=1S/C11H20N2O2S/c1-7(6-16-2)11(15)13-9-5-3-4-8(9)10(12)14/h7-9H,3-6H2,1-2H3,(H2,12,14)(H,13,15)/t7-,8+,9+/m0/s1. The Kier molecular flexibility index (Phi) is 5.12. The molecule has 3 N–H and O–H groups in total. The molecule has 0 spiro atoms. The normalized spacial score (nSPS) is 26.4. The third kappa shape index (κ3) is 3.40. The summed E-state index contributed by atoms with van der Waals surface area (Å²) < 4.78 is 0. The van der Waals surface area contributed by atoms with Crippen molar-refractivity contribution in [1.29, 1.82) is 0 Å². The summed E-state index contributed by atoms with van der Waals surface area (Å²) in [5, 5.41) is 2.94. The summed E-state index contributed by atoms with van der Waals surface area (Å²) >= 11 is 1.65. The second kappa shape index (κ2) is 6.13. The zero-order chi connectivity index (χ0) is 12.1. The number of rotatable bonds is 5. The molecule has 0 heterocycles. The Morgan fingerprint density at radius 2 is 2.19 bits per heavy atom. The Bertz CT molecular complexity index is 271. The van der Waals surface area contributed by atoms with Crippen molar-refractivity contribution < 1.29 is 9.59 Å². The fourth-order valence-electron chi connectivity index (χ4n) is 2.12. The van der Waals surface area contributed by atoms with Gasteiger partial charge < -0.3 is 11.1 Å². The van der Waals surface area contributed by atoms with E-state index in [-0.39, 0.29) is 29.7 Å². The van der Waals surface area contributed by atoms with Gasteiger partial charge in [0.15, 0.2) is 0 Å². The van der Waals surface area contributed by atoms with Gasteiger partial charge in [-0.25, -0.2) is 0 Å². The number of nitrogens with two attached hydrogens (primary N) is 1. The summed E-state index contributed by atoms with van der Waals surface area (Å²) in [4.78, 5) is 22.9. The van der Waals surface area contributed by atoms with Crippen LogP contribution in [0.4, 0.5) is 0 Å². The van der Waals surface area contributed by atoms with Gasteiger partial charge in [-0.15, -0.1) is 0 Å². The SMILES string of the molecule is CSC[C@H](C)C(=O)N[C@@H]1CCC[C@H]1C(N)=O. The summed E-state index contributed by atoms with van der Waals surface area (Å²) in [6.07, 6.45) is 4.61. The number of hydrogen-bond acceptors (Lipinski definition) is 3. The van der Waals surface area contributed by atoms with E-state index >= 15 is 0 Å². The Morgan fingerprint density at radius 1 is 1.50 bits per heavy atom. The zero-order valence-electron chi connectivity index (χ0n) is 9.86. The van der Waals surface area contributed by atoms with Crippen molar-refractivity contribution >= 4 is 23.6 Å². The van der Waals surface area contributed by atoms with Crippen LogP contribution in [0, 0.1) is 11.8 Å². The molecule has 1 fully saturated rings. The Morgan fingerprint density at radius 3 is 2.75 bits per heavy atom. The van der Waals surface area contributed by atoms with E-state index in [4.69, 9.17) is 5.73 Å². The van der Waals surface area contributed by atoms with Gasteiger partial charge >= 0.3 is 0 Å². The fourth-order valence-corrected chi connectivity index (χ4v) is 2.78. The van der Waals surface area contributed by atoms with E-state index in [9.17, 15) is 9.59 Å². The third-order valence-corrected chi connectivity index (χ3v) is 3.91. The number of hydrogen-bond donors (Lipinski definition) is 2. The molecule has 1 aliphatic carbocycles. The van der Waals surface area contributed by atoms with Crippen LogP contribution in [-0.4, -0.2) is 29.9 Å². The lowest BCUT2D eigenvalue weighted by atomic mass is 10.0. The van der Waals surface area contributed by atoms with Gasteiger partial charge in [0.05, 0.1) is 5.92 Å².